The van der Waals surface area contributed by atoms with Crippen LogP contribution >= 0.6 is 11.8 Å². The lowest BCUT2D eigenvalue weighted by Gasteiger charge is -2.16. The fourth-order valence-electron chi connectivity index (χ4n) is 1.47. The average Bonchev–Trinajstić information content (AvgIpc) is 2.14. The molecule has 0 radical (unpaired) electrons. The normalized spacial score (nSPS) is 14.7. The Hall–Kier alpha value is 0.0500. The van der Waals surface area contributed by atoms with Crippen LogP contribution in [-0.2, 0) is 0 Å². The zero-order valence-electron chi connectivity index (χ0n) is 11.0. The topological polar surface area (TPSA) is 12.0 Å². The first-order valence-electron chi connectivity index (χ1n) is 5.92. The summed E-state index contributed by atoms with van der Waals surface area (Å²) in [4.78, 5) is 0. The molecule has 0 heterocycles. The largest absolute Gasteiger partial charge is 0.314 e. The summed E-state index contributed by atoms with van der Waals surface area (Å²) in [6.45, 7) is 10.1. The number of hydrogen-bond donors (Lipinski definition) is 1. The number of rotatable bonds is 8. The van der Waals surface area contributed by atoms with E-state index >= 15 is 0 Å². The quantitative estimate of drug-likeness (QED) is 0.637. The first kappa shape index (κ1) is 15.0. The highest BCUT2D eigenvalue weighted by Gasteiger charge is 2.04. The molecule has 0 amide bonds. The standard InChI is InChI=1S/C13H27NS/c1-11(2)7-6-8-13(4)14-9-12(3)10-15-5/h7,12-14H,6,8-10H2,1-5H3. The van der Waals surface area contributed by atoms with Crippen molar-refractivity contribution in [1.82, 2.24) is 5.32 Å². The van der Waals surface area contributed by atoms with Crippen LogP contribution in [0.4, 0.5) is 0 Å². The Balaban J connectivity index is 3.48. The molecule has 0 aliphatic rings. The van der Waals surface area contributed by atoms with Gasteiger partial charge in [0.15, 0.2) is 0 Å². The van der Waals surface area contributed by atoms with Crippen molar-refractivity contribution >= 4 is 11.8 Å². The van der Waals surface area contributed by atoms with Crippen LogP contribution in [0, 0.1) is 5.92 Å². The van der Waals surface area contributed by atoms with E-state index in [0.29, 0.717) is 6.04 Å². The smallest absolute Gasteiger partial charge is 0.00417 e. The molecule has 0 bridgehead atoms. The van der Waals surface area contributed by atoms with E-state index < -0.39 is 0 Å². The molecule has 0 saturated heterocycles. The Morgan fingerprint density at radius 3 is 2.53 bits per heavy atom. The van der Waals surface area contributed by atoms with Gasteiger partial charge < -0.3 is 5.32 Å². The minimum absolute atomic E-state index is 0.643. The Bertz CT molecular complexity index is 173. The van der Waals surface area contributed by atoms with E-state index in [9.17, 15) is 0 Å². The minimum Gasteiger partial charge on any atom is -0.314 e. The molecule has 15 heavy (non-hydrogen) atoms. The van der Waals surface area contributed by atoms with Gasteiger partial charge in [-0.3, -0.25) is 0 Å². The van der Waals surface area contributed by atoms with Crippen LogP contribution in [0.3, 0.4) is 0 Å². The van der Waals surface area contributed by atoms with Crippen molar-refractivity contribution in [2.45, 2.75) is 46.6 Å². The van der Waals surface area contributed by atoms with Gasteiger partial charge in [-0.2, -0.15) is 11.8 Å². The fraction of sp³-hybridized carbons (Fsp3) is 0.846. The van der Waals surface area contributed by atoms with Crippen LogP contribution in [0.2, 0.25) is 0 Å². The summed E-state index contributed by atoms with van der Waals surface area (Å²) in [5, 5.41) is 3.60. The zero-order valence-corrected chi connectivity index (χ0v) is 11.8. The van der Waals surface area contributed by atoms with Crippen molar-refractivity contribution in [2.24, 2.45) is 5.92 Å². The molecule has 0 aliphatic carbocycles. The van der Waals surface area contributed by atoms with Crippen molar-refractivity contribution < 1.29 is 0 Å². The van der Waals surface area contributed by atoms with E-state index in [1.165, 1.54) is 24.2 Å². The SMILES string of the molecule is CSCC(C)CNC(C)CCC=C(C)C. The van der Waals surface area contributed by atoms with E-state index in [-0.39, 0.29) is 0 Å². The molecule has 0 spiro atoms. The van der Waals surface area contributed by atoms with Crippen molar-refractivity contribution in [1.29, 1.82) is 0 Å². The highest BCUT2D eigenvalue weighted by Crippen LogP contribution is 2.05. The molecule has 0 aromatic heterocycles. The summed E-state index contributed by atoms with van der Waals surface area (Å²) in [5.74, 6) is 2.04. The van der Waals surface area contributed by atoms with Gasteiger partial charge >= 0.3 is 0 Å². The lowest BCUT2D eigenvalue weighted by atomic mass is 10.1. The van der Waals surface area contributed by atoms with Gasteiger partial charge in [0.1, 0.15) is 0 Å². The molecular formula is C13H27NS. The first-order chi connectivity index (χ1) is 7.06. The molecule has 0 fully saturated rings. The number of allylic oxidation sites excluding steroid dienone is 2. The fourth-order valence-corrected chi connectivity index (χ4v) is 2.16. The Morgan fingerprint density at radius 1 is 1.33 bits per heavy atom. The van der Waals surface area contributed by atoms with Gasteiger partial charge in [-0.15, -0.1) is 0 Å². The Kier molecular flexibility index (Phi) is 9.32. The minimum atomic E-state index is 0.643. The number of hydrogen-bond acceptors (Lipinski definition) is 2. The van der Waals surface area contributed by atoms with Gasteiger partial charge in [0.25, 0.3) is 0 Å². The van der Waals surface area contributed by atoms with Crippen LogP contribution in [0.1, 0.15) is 40.5 Å². The number of nitrogens with one attached hydrogen (secondary N) is 1. The summed E-state index contributed by atoms with van der Waals surface area (Å²) < 4.78 is 0. The second-order valence-electron chi connectivity index (χ2n) is 4.73. The second-order valence-corrected chi connectivity index (χ2v) is 5.64. The highest BCUT2D eigenvalue weighted by molar-refractivity contribution is 7.98. The van der Waals surface area contributed by atoms with E-state index in [1.807, 2.05) is 11.8 Å². The monoisotopic (exact) mass is 229 g/mol. The second kappa shape index (κ2) is 9.29. The summed E-state index contributed by atoms with van der Waals surface area (Å²) in [7, 11) is 0. The van der Waals surface area contributed by atoms with Crippen molar-refractivity contribution in [2.75, 3.05) is 18.6 Å². The predicted octanol–water partition coefficient (Wildman–Crippen LogP) is 3.71. The third kappa shape index (κ3) is 10.3. The molecule has 0 saturated carbocycles. The predicted molar refractivity (Wildman–Crippen MR) is 73.7 cm³/mol. The van der Waals surface area contributed by atoms with Crippen LogP contribution in [0.15, 0.2) is 11.6 Å². The molecule has 1 nitrogen and oxygen atoms in total. The van der Waals surface area contributed by atoms with Crippen LogP contribution in [0.25, 0.3) is 0 Å². The van der Waals surface area contributed by atoms with Gasteiger partial charge in [-0.05, 0) is 58.1 Å². The summed E-state index contributed by atoms with van der Waals surface area (Å²) >= 11 is 1.93. The average molecular weight is 229 g/mol. The molecule has 1 N–H and O–H groups in total. The third-order valence-corrected chi connectivity index (χ3v) is 3.32. The van der Waals surface area contributed by atoms with Gasteiger partial charge in [0.2, 0.25) is 0 Å². The Labute approximate surface area is 100 Å². The molecule has 0 aliphatic heterocycles. The van der Waals surface area contributed by atoms with E-state index in [2.05, 4.69) is 45.3 Å². The lowest BCUT2D eigenvalue weighted by molar-refractivity contribution is 0.469. The highest BCUT2D eigenvalue weighted by atomic mass is 32.2. The van der Waals surface area contributed by atoms with Crippen LogP contribution < -0.4 is 5.32 Å². The van der Waals surface area contributed by atoms with Gasteiger partial charge in [0, 0.05) is 6.04 Å². The maximum atomic E-state index is 3.60. The van der Waals surface area contributed by atoms with Crippen molar-refractivity contribution in [3.8, 4) is 0 Å². The van der Waals surface area contributed by atoms with Gasteiger partial charge in [0.05, 0.1) is 0 Å². The Morgan fingerprint density at radius 2 is 2.00 bits per heavy atom. The maximum absolute atomic E-state index is 3.60. The molecule has 2 unspecified atom stereocenters. The molecule has 2 atom stereocenters. The molecule has 90 valence electrons. The van der Waals surface area contributed by atoms with Gasteiger partial charge in [-0.1, -0.05) is 18.6 Å². The molecule has 0 aromatic carbocycles. The summed E-state index contributed by atoms with van der Waals surface area (Å²) in [5.41, 5.74) is 1.43. The molecule has 2 heteroatoms. The number of thioether (sulfide) groups is 1. The van der Waals surface area contributed by atoms with E-state index in [4.69, 9.17) is 0 Å². The molecule has 0 rings (SSSR count). The van der Waals surface area contributed by atoms with Crippen molar-refractivity contribution in [3.63, 3.8) is 0 Å². The molecular weight excluding hydrogens is 202 g/mol. The molecule has 0 aromatic rings. The summed E-state index contributed by atoms with van der Waals surface area (Å²) in [6.07, 6.45) is 6.95. The maximum Gasteiger partial charge on any atom is 0.00417 e. The first-order valence-corrected chi connectivity index (χ1v) is 7.31. The third-order valence-electron chi connectivity index (χ3n) is 2.42. The summed E-state index contributed by atoms with van der Waals surface area (Å²) in [6, 6.07) is 0.643. The van der Waals surface area contributed by atoms with Gasteiger partial charge in [-0.25, -0.2) is 0 Å². The van der Waals surface area contributed by atoms with Crippen LogP contribution in [-0.4, -0.2) is 24.6 Å². The lowest BCUT2D eigenvalue weighted by Crippen LogP contribution is -2.30. The zero-order chi connectivity index (χ0) is 11.7. The van der Waals surface area contributed by atoms with Crippen LogP contribution in [0.5, 0.6) is 0 Å². The van der Waals surface area contributed by atoms with E-state index in [0.717, 1.165) is 12.5 Å². The van der Waals surface area contributed by atoms with E-state index in [1.54, 1.807) is 0 Å². The van der Waals surface area contributed by atoms with Crippen molar-refractivity contribution in [3.05, 3.63) is 11.6 Å².